The van der Waals surface area contributed by atoms with Gasteiger partial charge in [0.1, 0.15) is 0 Å². The second-order valence-electron chi connectivity index (χ2n) is 5.75. The monoisotopic (exact) mass is 333 g/mol. The van der Waals surface area contributed by atoms with Crippen LogP contribution in [0.3, 0.4) is 0 Å². The van der Waals surface area contributed by atoms with Crippen molar-refractivity contribution in [1.29, 1.82) is 0 Å². The summed E-state index contributed by atoms with van der Waals surface area (Å²) < 4.78 is 5.43. The minimum atomic E-state index is -0.361. The van der Waals surface area contributed by atoms with Crippen LogP contribution in [0.25, 0.3) is 0 Å². The van der Waals surface area contributed by atoms with E-state index < -0.39 is 0 Å². The normalized spacial score (nSPS) is 18.2. The molecule has 0 unspecified atom stereocenters. The maximum atomic E-state index is 12.6. The summed E-state index contributed by atoms with van der Waals surface area (Å²) in [7, 11) is 0. The number of nitrogen functional groups attached to an aromatic ring is 1. The van der Waals surface area contributed by atoms with E-state index >= 15 is 0 Å². The molecule has 0 spiro atoms. The average molecular weight is 333 g/mol. The van der Waals surface area contributed by atoms with Crippen LogP contribution in [0.15, 0.2) is 35.5 Å². The zero-order chi connectivity index (χ0) is 17.1. The summed E-state index contributed by atoms with van der Waals surface area (Å²) in [5.74, 6) is -0.335. The number of esters is 1. The number of carbonyl (C=O) groups excluding carboxylic acids is 1. The molecule has 1 aromatic carbocycles. The van der Waals surface area contributed by atoms with Crippen LogP contribution in [0, 0.1) is 0 Å². The largest absolute Gasteiger partial charge is 0.459 e. The molecule has 23 heavy (non-hydrogen) atoms. The number of allylic oxidation sites excluding steroid dienone is 1. The third-order valence-corrected chi connectivity index (χ3v) is 4.06. The van der Waals surface area contributed by atoms with Gasteiger partial charge < -0.3 is 20.7 Å². The van der Waals surface area contributed by atoms with Crippen LogP contribution in [0.1, 0.15) is 39.3 Å². The lowest BCUT2D eigenvalue weighted by atomic mass is 9.94. The molecule has 1 atom stereocenters. The number of nitrogens with one attached hydrogen (secondary N) is 1. The van der Waals surface area contributed by atoms with Crippen LogP contribution in [0.2, 0.25) is 0 Å². The summed E-state index contributed by atoms with van der Waals surface area (Å²) in [6.07, 6.45) is -0.187. The van der Waals surface area contributed by atoms with E-state index in [1.165, 1.54) is 0 Å². The summed E-state index contributed by atoms with van der Waals surface area (Å²) in [5, 5.41) is 3.83. The van der Waals surface area contributed by atoms with Crippen molar-refractivity contribution in [2.45, 2.75) is 39.8 Å². The molecule has 1 aliphatic rings. The van der Waals surface area contributed by atoms with E-state index in [2.05, 4.69) is 5.32 Å². The van der Waals surface area contributed by atoms with Gasteiger partial charge in [0.2, 0.25) is 0 Å². The van der Waals surface area contributed by atoms with E-state index in [1.807, 2.05) is 56.9 Å². The van der Waals surface area contributed by atoms with E-state index in [9.17, 15) is 4.79 Å². The summed E-state index contributed by atoms with van der Waals surface area (Å²) in [6.45, 7) is 8.24. The van der Waals surface area contributed by atoms with Crippen molar-refractivity contribution < 1.29 is 9.53 Å². The quantitative estimate of drug-likeness (QED) is 0.502. The Morgan fingerprint density at radius 2 is 2.17 bits per heavy atom. The maximum Gasteiger partial charge on any atom is 0.338 e. The van der Waals surface area contributed by atoms with Crippen molar-refractivity contribution in [3.05, 3.63) is 41.1 Å². The van der Waals surface area contributed by atoms with Crippen molar-refractivity contribution in [1.82, 2.24) is 10.2 Å². The zero-order valence-corrected chi connectivity index (χ0v) is 14.7. The molecule has 0 saturated heterocycles. The minimum absolute atomic E-state index is 0.187. The number of thiocarbonyl (C=S) groups is 1. The Labute approximate surface area is 142 Å². The Hall–Kier alpha value is -2.08. The van der Waals surface area contributed by atoms with Crippen molar-refractivity contribution >= 4 is 29.0 Å². The molecule has 3 N–H and O–H groups in total. The van der Waals surface area contributed by atoms with Crippen molar-refractivity contribution in [3.8, 4) is 0 Å². The lowest BCUT2D eigenvalue weighted by molar-refractivity contribution is -0.143. The number of rotatable bonds is 4. The number of hydrogen-bond acceptors (Lipinski definition) is 4. The maximum absolute atomic E-state index is 12.6. The fraction of sp³-hybridized carbons (Fsp3) is 0.412. The number of anilines is 1. The Balaban J connectivity index is 2.52. The third kappa shape index (κ3) is 3.64. The SMILES string of the molecule is CCN1C(=S)N[C@@H](c2cccc(N)c2)C(C(=O)OC(C)C)=C1C. The number of carbonyl (C=O) groups is 1. The predicted molar refractivity (Wildman–Crippen MR) is 95.6 cm³/mol. The molecule has 124 valence electrons. The molecule has 1 aromatic rings. The summed E-state index contributed by atoms with van der Waals surface area (Å²) in [6, 6.07) is 7.08. The smallest absolute Gasteiger partial charge is 0.338 e. The van der Waals surface area contributed by atoms with Gasteiger partial charge in [-0.3, -0.25) is 0 Å². The van der Waals surface area contributed by atoms with E-state index in [4.69, 9.17) is 22.7 Å². The van der Waals surface area contributed by atoms with Crippen LogP contribution in [-0.4, -0.2) is 28.6 Å². The standard InChI is InChI=1S/C17H23N3O2S/c1-5-20-11(4)14(16(21)22-10(2)3)15(19-17(20)23)12-7-6-8-13(18)9-12/h6-10,15H,5,18H2,1-4H3,(H,19,23)/t15-/m0/s1. The van der Waals surface area contributed by atoms with Gasteiger partial charge in [-0.2, -0.15) is 0 Å². The van der Waals surface area contributed by atoms with Gasteiger partial charge in [-0.1, -0.05) is 12.1 Å². The molecular formula is C17H23N3O2S. The predicted octanol–water partition coefficient (Wildman–Crippen LogP) is 2.75. The second-order valence-corrected chi connectivity index (χ2v) is 6.14. The van der Waals surface area contributed by atoms with Gasteiger partial charge in [-0.15, -0.1) is 0 Å². The molecule has 0 amide bonds. The van der Waals surface area contributed by atoms with Crippen molar-refractivity contribution in [2.75, 3.05) is 12.3 Å². The molecule has 0 aliphatic carbocycles. The molecular weight excluding hydrogens is 310 g/mol. The summed E-state index contributed by atoms with van der Waals surface area (Å²) in [5.41, 5.74) is 8.80. The van der Waals surface area contributed by atoms with Gasteiger partial charge >= 0.3 is 5.97 Å². The number of nitrogens with zero attached hydrogens (tertiary/aromatic N) is 1. The number of hydrogen-bond donors (Lipinski definition) is 2. The zero-order valence-electron chi connectivity index (χ0n) is 13.9. The molecule has 0 bridgehead atoms. The first-order chi connectivity index (χ1) is 10.8. The highest BCUT2D eigenvalue weighted by atomic mass is 32.1. The average Bonchev–Trinajstić information content (AvgIpc) is 2.46. The number of nitrogens with two attached hydrogens (primary N) is 1. The molecule has 0 saturated carbocycles. The highest BCUT2D eigenvalue weighted by Crippen LogP contribution is 2.32. The van der Waals surface area contributed by atoms with Gasteiger partial charge in [-0.05, 0) is 57.6 Å². The fourth-order valence-electron chi connectivity index (χ4n) is 2.69. The van der Waals surface area contributed by atoms with E-state index in [1.54, 1.807) is 0 Å². The van der Waals surface area contributed by atoms with Crippen LogP contribution in [0.4, 0.5) is 5.69 Å². The highest BCUT2D eigenvalue weighted by Gasteiger charge is 2.34. The van der Waals surface area contributed by atoms with E-state index in [-0.39, 0.29) is 18.1 Å². The molecule has 5 nitrogen and oxygen atoms in total. The van der Waals surface area contributed by atoms with Gasteiger partial charge in [0.15, 0.2) is 5.11 Å². The second kappa shape index (κ2) is 7.00. The lowest BCUT2D eigenvalue weighted by Gasteiger charge is -2.37. The summed E-state index contributed by atoms with van der Waals surface area (Å²) >= 11 is 5.44. The minimum Gasteiger partial charge on any atom is -0.459 e. The molecule has 2 rings (SSSR count). The van der Waals surface area contributed by atoms with Crippen LogP contribution in [0.5, 0.6) is 0 Å². The van der Waals surface area contributed by atoms with Crippen LogP contribution in [-0.2, 0) is 9.53 Å². The van der Waals surface area contributed by atoms with Gasteiger partial charge in [0, 0.05) is 17.9 Å². The van der Waals surface area contributed by atoms with Gasteiger partial charge in [-0.25, -0.2) is 4.79 Å². The van der Waals surface area contributed by atoms with Crippen molar-refractivity contribution in [2.24, 2.45) is 0 Å². The Morgan fingerprint density at radius 1 is 1.48 bits per heavy atom. The highest BCUT2D eigenvalue weighted by molar-refractivity contribution is 7.80. The topological polar surface area (TPSA) is 67.6 Å². The van der Waals surface area contributed by atoms with E-state index in [0.29, 0.717) is 22.9 Å². The summed E-state index contributed by atoms with van der Waals surface area (Å²) in [4.78, 5) is 14.5. The molecule has 1 heterocycles. The number of ether oxygens (including phenoxy) is 1. The van der Waals surface area contributed by atoms with Crippen LogP contribution < -0.4 is 11.1 Å². The Kier molecular flexibility index (Phi) is 5.26. The third-order valence-electron chi connectivity index (χ3n) is 3.72. The molecule has 0 radical (unpaired) electrons. The van der Waals surface area contributed by atoms with Crippen LogP contribution >= 0.6 is 12.2 Å². The lowest BCUT2D eigenvalue weighted by Crippen LogP contribution is -2.47. The fourth-order valence-corrected chi connectivity index (χ4v) is 3.08. The first-order valence-electron chi connectivity index (χ1n) is 7.70. The van der Waals surface area contributed by atoms with Gasteiger partial charge in [0.25, 0.3) is 0 Å². The molecule has 0 aromatic heterocycles. The van der Waals surface area contributed by atoms with E-state index in [0.717, 1.165) is 11.3 Å². The Bertz CT molecular complexity index is 655. The molecule has 1 aliphatic heterocycles. The molecule has 0 fully saturated rings. The Morgan fingerprint density at radius 3 is 2.74 bits per heavy atom. The van der Waals surface area contributed by atoms with Gasteiger partial charge in [0.05, 0.1) is 17.7 Å². The first-order valence-corrected chi connectivity index (χ1v) is 8.11. The molecule has 6 heteroatoms. The van der Waals surface area contributed by atoms with Crippen molar-refractivity contribution in [3.63, 3.8) is 0 Å². The first kappa shape index (κ1) is 17.3. The number of benzene rings is 1.